The molecule has 0 saturated carbocycles. The Morgan fingerprint density at radius 2 is 1.77 bits per heavy atom. The minimum Gasteiger partial charge on any atom is -0.497 e. The number of ether oxygens (including phenoxy) is 1. The molecular weight excluding hydrogens is 276 g/mol. The van der Waals surface area contributed by atoms with Crippen LogP contribution in [0.3, 0.4) is 0 Å². The van der Waals surface area contributed by atoms with Crippen molar-refractivity contribution >= 4 is 5.91 Å². The highest BCUT2D eigenvalue weighted by atomic mass is 16.5. The number of rotatable bonds is 4. The number of benzene rings is 1. The lowest BCUT2D eigenvalue weighted by atomic mass is 10.00. The molecule has 4 nitrogen and oxygen atoms in total. The quantitative estimate of drug-likeness (QED) is 0.857. The maximum absolute atomic E-state index is 12.9. The van der Waals surface area contributed by atoms with Crippen LogP contribution >= 0.6 is 0 Å². The fourth-order valence-corrected chi connectivity index (χ4v) is 3.62. The van der Waals surface area contributed by atoms with Crippen LogP contribution in [0.1, 0.15) is 42.5 Å². The van der Waals surface area contributed by atoms with Crippen LogP contribution in [0.15, 0.2) is 24.3 Å². The number of piperidine rings is 1. The third kappa shape index (κ3) is 3.43. The summed E-state index contributed by atoms with van der Waals surface area (Å²) in [6.45, 7) is 4.33. The van der Waals surface area contributed by atoms with Gasteiger partial charge in [0.25, 0.3) is 5.91 Å². The molecule has 120 valence electrons. The summed E-state index contributed by atoms with van der Waals surface area (Å²) in [5, 5.41) is 0. The van der Waals surface area contributed by atoms with E-state index in [4.69, 9.17) is 4.74 Å². The fraction of sp³-hybridized carbons (Fsp3) is 0.611. The number of hydrogen-bond acceptors (Lipinski definition) is 3. The van der Waals surface area contributed by atoms with Gasteiger partial charge in [-0.1, -0.05) is 0 Å². The Hall–Kier alpha value is -1.55. The van der Waals surface area contributed by atoms with Crippen LogP contribution in [0, 0.1) is 0 Å². The summed E-state index contributed by atoms with van der Waals surface area (Å²) in [6.07, 6.45) is 6.11. The Morgan fingerprint density at radius 3 is 2.45 bits per heavy atom. The van der Waals surface area contributed by atoms with Crippen LogP contribution in [0.2, 0.25) is 0 Å². The first-order chi connectivity index (χ1) is 10.8. The van der Waals surface area contributed by atoms with Crippen molar-refractivity contribution in [2.45, 2.75) is 38.1 Å². The van der Waals surface area contributed by atoms with E-state index < -0.39 is 0 Å². The number of amides is 1. The van der Waals surface area contributed by atoms with Gasteiger partial charge in [0, 0.05) is 24.7 Å². The van der Waals surface area contributed by atoms with E-state index in [2.05, 4.69) is 9.80 Å². The monoisotopic (exact) mass is 302 g/mol. The highest BCUT2D eigenvalue weighted by molar-refractivity contribution is 5.94. The first-order valence-corrected chi connectivity index (χ1v) is 8.45. The zero-order chi connectivity index (χ0) is 15.4. The Balaban J connectivity index is 1.69. The highest BCUT2D eigenvalue weighted by Gasteiger charge is 2.29. The van der Waals surface area contributed by atoms with Gasteiger partial charge in [-0.25, -0.2) is 0 Å². The van der Waals surface area contributed by atoms with Gasteiger partial charge in [-0.15, -0.1) is 0 Å². The van der Waals surface area contributed by atoms with E-state index in [1.165, 1.54) is 32.4 Å². The average Bonchev–Trinajstić information content (AvgIpc) is 3.08. The molecule has 0 N–H and O–H groups in total. The van der Waals surface area contributed by atoms with Gasteiger partial charge in [-0.05, 0) is 69.5 Å². The van der Waals surface area contributed by atoms with Gasteiger partial charge in [0.1, 0.15) is 5.75 Å². The molecule has 2 fully saturated rings. The summed E-state index contributed by atoms with van der Waals surface area (Å²) in [7, 11) is 1.65. The average molecular weight is 302 g/mol. The highest BCUT2D eigenvalue weighted by Crippen LogP contribution is 2.23. The Bertz CT molecular complexity index is 494. The molecule has 1 aromatic carbocycles. The molecular formula is C18H26N2O2. The maximum atomic E-state index is 12.9. The standard InChI is InChI=1S/C18H26N2O2/c1-22-17-9-7-15(8-10-17)18(21)20-13-3-2-6-16(20)14-19-11-4-5-12-19/h7-10,16H,2-6,11-14H2,1H3/t16-/m0/s1. The van der Waals surface area contributed by atoms with Gasteiger partial charge in [-0.2, -0.15) is 0 Å². The van der Waals surface area contributed by atoms with E-state index in [1.807, 2.05) is 24.3 Å². The van der Waals surface area contributed by atoms with Crippen LogP contribution in [0.5, 0.6) is 5.75 Å². The number of nitrogens with zero attached hydrogens (tertiary/aromatic N) is 2. The van der Waals surface area contributed by atoms with Crippen molar-refractivity contribution in [3.8, 4) is 5.75 Å². The molecule has 2 aliphatic rings. The second kappa shape index (κ2) is 7.14. The number of likely N-dealkylation sites (tertiary alicyclic amines) is 2. The minimum atomic E-state index is 0.173. The van der Waals surface area contributed by atoms with Crippen molar-refractivity contribution in [1.29, 1.82) is 0 Å². The lowest BCUT2D eigenvalue weighted by molar-refractivity contribution is 0.0560. The molecule has 0 unspecified atom stereocenters. The number of carbonyl (C=O) groups excluding carboxylic acids is 1. The Morgan fingerprint density at radius 1 is 1.09 bits per heavy atom. The summed E-state index contributed by atoms with van der Waals surface area (Å²) in [6, 6.07) is 7.87. The molecule has 0 spiro atoms. The van der Waals surface area contributed by atoms with Crippen LogP contribution in [0.25, 0.3) is 0 Å². The molecule has 2 heterocycles. The van der Waals surface area contributed by atoms with E-state index in [0.717, 1.165) is 37.2 Å². The molecule has 1 aromatic rings. The van der Waals surface area contributed by atoms with Crippen molar-refractivity contribution < 1.29 is 9.53 Å². The largest absolute Gasteiger partial charge is 0.497 e. The topological polar surface area (TPSA) is 32.8 Å². The summed E-state index contributed by atoms with van der Waals surface area (Å²) >= 11 is 0. The summed E-state index contributed by atoms with van der Waals surface area (Å²) in [5.74, 6) is 0.968. The van der Waals surface area contributed by atoms with Gasteiger partial charge >= 0.3 is 0 Å². The molecule has 0 aromatic heterocycles. The van der Waals surface area contributed by atoms with E-state index in [-0.39, 0.29) is 5.91 Å². The van der Waals surface area contributed by atoms with Crippen LogP contribution in [-0.2, 0) is 0 Å². The van der Waals surface area contributed by atoms with Gasteiger partial charge in [0.15, 0.2) is 0 Å². The molecule has 4 heteroatoms. The summed E-state index contributed by atoms with van der Waals surface area (Å²) < 4.78 is 5.17. The lowest BCUT2D eigenvalue weighted by Crippen LogP contribution is -2.49. The zero-order valence-corrected chi connectivity index (χ0v) is 13.5. The molecule has 0 aliphatic carbocycles. The second-order valence-corrected chi connectivity index (χ2v) is 6.38. The maximum Gasteiger partial charge on any atom is 0.254 e. The van der Waals surface area contributed by atoms with Crippen molar-refractivity contribution in [3.63, 3.8) is 0 Å². The van der Waals surface area contributed by atoms with E-state index in [9.17, 15) is 4.79 Å². The molecule has 22 heavy (non-hydrogen) atoms. The van der Waals surface area contributed by atoms with Gasteiger partial charge in [-0.3, -0.25) is 4.79 Å². The minimum absolute atomic E-state index is 0.173. The van der Waals surface area contributed by atoms with Crippen LogP contribution < -0.4 is 4.74 Å². The normalized spacial score (nSPS) is 22.8. The molecule has 0 bridgehead atoms. The number of hydrogen-bond donors (Lipinski definition) is 0. The van der Waals surface area contributed by atoms with Gasteiger partial charge < -0.3 is 14.5 Å². The number of carbonyl (C=O) groups is 1. The molecule has 0 radical (unpaired) electrons. The van der Waals surface area contributed by atoms with Crippen molar-refractivity contribution in [2.24, 2.45) is 0 Å². The molecule has 1 amide bonds. The van der Waals surface area contributed by atoms with E-state index in [0.29, 0.717) is 6.04 Å². The van der Waals surface area contributed by atoms with Crippen LogP contribution in [-0.4, -0.2) is 55.0 Å². The fourth-order valence-electron chi connectivity index (χ4n) is 3.62. The predicted octanol–water partition coefficient (Wildman–Crippen LogP) is 2.79. The molecule has 2 aliphatic heterocycles. The van der Waals surface area contributed by atoms with E-state index >= 15 is 0 Å². The number of methoxy groups -OCH3 is 1. The van der Waals surface area contributed by atoms with Crippen LogP contribution in [0.4, 0.5) is 0 Å². The Labute approximate surface area is 133 Å². The Kier molecular flexibility index (Phi) is 4.98. The smallest absolute Gasteiger partial charge is 0.254 e. The first kappa shape index (κ1) is 15.3. The van der Waals surface area contributed by atoms with Gasteiger partial charge in [0.2, 0.25) is 0 Å². The molecule has 1 atom stereocenters. The molecule has 2 saturated heterocycles. The van der Waals surface area contributed by atoms with Crippen molar-refractivity contribution in [2.75, 3.05) is 33.3 Å². The SMILES string of the molecule is COc1ccc(C(=O)N2CCCC[C@H]2CN2CCCC2)cc1. The zero-order valence-electron chi connectivity index (χ0n) is 13.5. The molecule has 3 rings (SSSR count). The second-order valence-electron chi connectivity index (χ2n) is 6.38. The summed E-state index contributed by atoms with van der Waals surface area (Å²) in [4.78, 5) is 17.5. The van der Waals surface area contributed by atoms with Crippen molar-refractivity contribution in [1.82, 2.24) is 9.80 Å². The third-order valence-corrected chi connectivity index (χ3v) is 4.89. The third-order valence-electron chi connectivity index (χ3n) is 4.89. The predicted molar refractivity (Wildman–Crippen MR) is 87.3 cm³/mol. The van der Waals surface area contributed by atoms with Crippen molar-refractivity contribution in [3.05, 3.63) is 29.8 Å². The first-order valence-electron chi connectivity index (χ1n) is 8.45. The van der Waals surface area contributed by atoms with Gasteiger partial charge in [0.05, 0.1) is 7.11 Å². The van der Waals surface area contributed by atoms with E-state index in [1.54, 1.807) is 7.11 Å². The summed E-state index contributed by atoms with van der Waals surface area (Å²) in [5.41, 5.74) is 0.772. The lowest BCUT2D eigenvalue weighted by Gasteiger charge is -2.38.